The van der Waals surface area contributed by atoms with Gasteiger partial charge in [0.1, 0.15) is 5.69 Å². The van der Waals surface area contributed by atoms with Crippen LogP contribution >= 0.6 is 0 Å². The molecule has 0 N–H and O–H groups in total. The zero-order valence-electron chi connectivity index (χ0n) is 10.4. The van der Waals surface area contributed by atoms with Gasteiger partial charge in [0.05, 0.1) is 6.20 Å². The molecule has 0 aliphatic rings. The smallest absolute Gasteiger partial charge is 0.113 e. The predicted octanol–water partition coefficient (Wildman–Crippen LogP) is 2.55. The normalized spacial score (nSPS) is 9.82. The number of hydrogen-bond donors (Lipinski definition) is 0. The summed E-state index contributed by atoms with van der Waals surface area (Å²) in [4.78, 5) is 0. The Kier molecular flexibility index (Phi) is 3.24. The van der Waals surface area contributed by atoms with Crippen LogP contribution in [0.1, 0.15) is 24.5 Å². The molecule has 0 saturated heterocycles. The number of aryl methyl sites for hydroxylation is 2. The first-order valence-corrected chi connectivity index (χ1v) is 5.67. The summed E-state index contributed by atoms with van der Waals surface area (Å²) in [6.45, 7) is 4.12. The van der Waals surface area contributed by atoms with E-state index in [1.807, 2.05) is 26.2 Å². The summed E-state index contributed by atoms with van der Waals surface area (Å²) in [7, 11) is 1.87. The topological polar surface area (TPSA) is 30.7 Å². The molecule has 0 spiro atoms. The Morgan fingerprint density at radius 3 is 2.76 bits per heavy atom. The van der Waals surface area contributed by atoms with E-state index in [1.165, 1.54) is 5.56 Å². The minimum Gasteiger partial charge on any atom is -0.255 e. The number of rotatable bonds is 1. The van der Waals surface area contributed by atoms with Crippen molar-refractivity contribution in [3.05, 3.63) is 35.5 Å². The van der Waals surface area contributed by atoms with Gasteiger partial charge in [-0.1, -0.05) is 30.0 Å². The molecule has 0 radical (unpaired) electrons. The molecule has 1 aromatic carbocycles. The fourth-order valence-electron chi connectivity index (χ4n) is 1.69. The fraction of sp³-hybridized carbons (Fsp3) is 0.286. The molecule has 0 bridgehead atoms. The first-order valence-electron chi connectivity index (χ1n) is 5.67. The molecular weight excluding hydrogens is 210 g/mol. The third kappa shape index (κ3) is 2.54. The summed E-state index contributed by atoms with van der Waals surface area (Å²) in [5.41, 5.74) is 4.24. The van der Waals surface area contributed by atoms with Crippen LogP contribution in [0.2, 0.25) is 0 Å². The van der Waals surface area contributed by atoms with Crippen LogP contribution in [-0.4, -0.2) is 15.0 Å². The largest absolute Gasteiger partial charge is 0.255 e. The van der Waals surface area contributed by atoms with E-state index in [4.69, 9.17) is 0 Å². The minimum absolute atomic E-state index is 0.880. The van der Waals surface area contributed by atoms with Gasteiger partial charge in [-0.05, 0) is 24.6 Å². The Morgan fingerprint density at radius 2 is 2.18 bits per heavy atom. The number of nitrogens with zero attached hydrogens (tertiary/aromatic N) is 3. The molecule has 1 heterocycles. The van der Waals surface area contributed by atoms with E-state index in [-0.39, 0.29) is 0 Å². The molecule has 0 aliphatic carbocycles. The maximum Gasteiger partial charge on any atom is 0.113 e. The molecular formula is C14H15N3. The SMILES string of the molecule is CCC#Cc1ccc(-c2cn(C)nn2)c(C)c1. The quantitative estimate of drug-likeness (QED) is 0.698. The van der Waals surface area contributed by atoms with Crippen molar-refractivity contribution < 1.29 is 0 Å². The average Bonchev–Trinajstić information content (AvgIpc) is 2.73. The van der Waals surface area contributed by atoms with Crippen LogP contribution in [0, 0.1) is 18.8 Å². The average molecular weight is 225 g/mol. The van der Waals surface area contributed by atoms with Gasteiger partial charge in [-0.2, -0.15) is 0 Å². The molecule has 2 aromatic rings. The molecule has 0 atom stereocenters. The minimum atomic E-state index is 0.880. The van der Waals surface area contributed by atoms with Crippen molar-refractivity contribution >= 4 is 0 Å². The van der Waals surface area contributed by atoms with Crippen LogP contribution in [0.3, 0.4) is 0 Å². The third-order valence-corrected chi connectivity index (χ3v) is 2.51. The fourth-order valence-corrected chi connectivity index (χ4v) is 1.69. The van der Waals surface area contributed by atoms with Gasteiger partial charge >= 0.3 is 0 Å². The Labute approximate surface area is 101 Å². The summed E-state index contributed by atoms with van der Waals surface area (Å²) in [5.74, 6) is 6.20. The zero-order chi connectivity index (χ0) is 12.3. The van der Waals surface area contributed by atoms with Gasteiger partial charge in [0.2, 0.25) is 0 Å². The second kappa shape index (κ2) is 4.84. The molecule has 0 unspecified atom stereocenters. The van der Waals surface area contributed by atoms with Gasteiger partial charge in [-0.15, -0.1) is 5.10 Å². The maximum absolute atomic E-state index is 4.12. The summed E-state index contributed by atoms with van der Waals surface area (Å²) in [6, 6.07) is 6.17. The van der Waals surface area contributed by atoms with E-state index < -0.39 is 0 Å². The van der Waals surface area contributed by atoms with Gasteiger partial charge in [0.25, 0.3) is 0 Å². The molecule has 2 rings (SSSR count). The summed E-state index contributed by atoms with van der Waals surface area (Å²) >= 11 is 0. The molecule has 17 heavy (non-hydrogen) atoms. The molecule has 0 aliphatic heterocycles. The van der Waals surface area contributed by atoms with Gasteiger partial charge in [0, 0.05) is 24.6 Å². The molecule has 86 valence electrons. The summed E-state index contributed by atoms with van der Waals surface area (Å²) in [5, 5.41) is 8.06. The maximum atomic E-state index is 4.12. The second-order valence-electron chi connectivity index (χ2n) is 3.96. The van der Waals surface area contributed by atoms with E-state index in [0.29, 0.717) is 0 Å². The monoisotopic (exact) mass is 225 g/mol. The van der Waals surface area contributed by atoms with Crippen LogP contribution in [0.25, 0.3) is 11.3 Å². The lowest BCUT2D eigenvalue weighted by atomic mass is 10.0. The number of aromatic nitrogens is 3. The lowest BCUT2D eigenvalue weighted by Crippen LogP contribution is -1.85. The van der Waals surface area contributed by atoms with Crippen molar-refractivity contribution in [2.45, 2.75) is 20.3 Å². The standard InChI is InChI=1S/C14H15N3/c1-4-5-6-12-7-8-13(11(2)9-12)14-10-17(3)16-15-14/h7-10H,4H2,1-3H3. The van der Waals surface area contributed by atoms with Gasteiger partial charge < -0.3 is 0 Å². The van der Waals surface area contributed by atoms with Crippen LogP contribution < -0.4 is 0 Å². The lowest BCUT2D eigenvalue weighted by Gasteiger charge is -2.02. The first-order chi connectivity index (χ1) is 8.20. The van der Waals surface area contributed by atoms with Crippen molar-refractivity contribution in [3.8, 4) is 23.1 Å². The summed E-state index contributed by atoms with van der Waals surface area (Å²) in [6.07, 6.45) is 2.80. The molecule has 3 heteroatoms. The van der Waals surface area contributed by atoms with Crippen molar-refractivity contribution in [3.63, 3.8) is 0 Å². The second-order valence-corrected chi connectivity index (χ2v) is 3.96. The number of benzene rings is 1. The van der Waals surface area contributed by atoms with Crippen molar-refractivity contribution in [1.29, 1.82) is 0 Å². The van der Waals surface area contributed by atoms with Gasteiger partial charge in [0.15, 0.2) is 0 Å². The van der Waals surface area contributed by atoms with Crippen molar-refractivity contribution in [2.75, 3.05) is 0 Å². The molecule has 0 fully saturated rings. The highest BCUT2D eigenvalue weighted by Gasteiger charge is 2.05. The zero-order valence-corrected chi connectivity index (χ0v) is 10.4. The van der Waals surface area contributed by atoms with E-state index >= 15 is 0 Å². The van der Waals surface area contributed by atoms with Crippen LogP contribution in [0.15, 0.2) is 24.4 Å². The Bertz CT molecular complexity index is 585. The number of hydrogen-bond acceptors (Lipinski definition) is 2. The van der Waals surface area contributed by atoms with E-state index in [2.05, 4.69) is 41.2 Å². The highest BCUT2D eigenvalue weighted by atomic mass is 15.4. The molecule has 3 nitrogen and oxygen atoms in total. The molecule has 1 aromatic heterocycles. The van der Waals surface area contributed by atoms with Crippen molar-refractivity contribution in [2.24, 2.45) is 7.05 Å². The first kappa shape index (κ1) is 11.4. The van der Waals surface area contributed by atoms with Crippen LogP contribution in [0.4, 0.5) is 0 Å². The Balaban J connectivity index is 2.38. The van der Waals surface area contributed by atoms with E-state index in [0.717, 1.165) is 23.2 Å². The third-order valence-electron chi connectivity index (χ3n) is 2.51. The van der Waals surface area contributed by atoms with Crippen molar-refractivity contribution in [1.82, 2.24) is 15.0 Å². The highest BCUT2D eigenvalue weighted by Crippen LogP contribution is 2.21. The lowest BCUT2D eigenvalue weighted by molar-refractivity contribution is 0.715. The van der Waals surface area contributed by atoms with Crippen LogP contribution in [0.5, 0.6) is 0 Å². The Morgan fingerprint density at radius 1 is 1.35 bits per heavy atom. The highest BCUT2D eigenvalue weighted by molar-refractivity contribution is 5.63. The molecule has 0 saturated carbocycles. The summed E-state index contributed by atoms with van der Waals surface area (Å²) < 4.78 is 1.71. The van der Waals surface area contributed by atoms with Gasteiger partial charge in [-0.25, -0.2) is 0 Å². The van der Waals surface area contributed by atoms with E-state index in [1.54, 1.807) is 4.68 Å². The molecule has 0 amide bonds. The Hall–Kier alpha value is -2.08. The predicted molar refractivity (Wildman–Crippen MR) is 68.3 cm³/mol. The van der Waals surface area contributed by atoms with Gasteiger partial charge in [-0.3, -0.25) is 4.68 Å². The van der Waals surface area contributed by atoms with Crippen LogP contribution in [-0.2, 0) is 7.05 Å². The van der Waals surface area contributed by atoms with E-state index in [9.17, 15) is 0 Å².